The highest BCUT2D eigenvalue weighted by atomic mass is 32.2. The molecule has 4 aromatic rings. The number of hydrogen-bond acceptors (Lipinski definition) is 9. The SMILES string of the molecule is C[C@H](Sc1nc2c(cnn2-c2ccccc2)c(=O)[nH]1)c1nc(N)nc(N(C)C)n1. The quantitative estimate of drug-likeness (QED) is 0.374. The van der Waals surface area contributed by atoms with Gasteiger partial charge in [-0.15, -0.1) is 0 Å². The number of benzene rings is 1. The van der Waals surface area contributed by atoms with Crippen LogP contribution in [0, 0.1) is 0 Å². The zero-order chi connectivity index (χ0) is 20.5. The molecule has 0 radical (unpaired) electrons. The van der Waals surface area contributed by atoms with Crippen molar-refractivity contribution in [2.45, 2.75) is 17.3 Å². The number of aromatic amines is 1. The smallest absolute Gasteiger partial charge is 0.262 e. The highest BCUT2D eigenvalue weighted by molar-refractivity contribution is 7.99. The zero-order valence-electron chi connectivity index (χ0n) is 16.1. The van der Waals surface area contributed by atoms with Gasteiger partial charge >= 0.3 is 0 Å². The molecule has 11 heteroatoms. The van der Waals surface area contributed by atoms with Gasteiger partial charge in [0.2, 0.25) is 11.9 Å². The van der Waals surface area contributed by atoms with Crippen LogP contribution in [0.15, 0.2) is 46.5 Å². The fraction of sp³-hybridized carbons (Fsp3) is 0.222. The predicted octanol–water partition coefficient (Wildman–Crippen LogP) is 1.80. The first-order chi connectivity index (χ1) is 13.9. The number of fused-ring (bicyclic) bond motifs is 1. The second-order valence-corrected chi connectivity index (χ2v) is 7.84. The average Bonchev–Trinajstić information content (AvgIpc) is 3.12. The van der Waals surface area contributed by atoms with E-state index in [2.05, 4.69) is 30.0 Å². The van der Waals surface area contributed by atoms with E-state index in [1.54, 1.807) is 9.58 Å². The third-order valence-corrected chi connectivity index (χ3v) is 5.11. The summed E-state index contributed by atoms with van der Waals surface area (Å²) in [5, 5.41) is 4.97. The fourth-order valence-electron chi connectivity index (χ4n) is 2.71. The van der Waals surface area contributed by atoms with Gasteiger partial charge in [-0.2, -0.15) is 20.1 Å². The Hall–Kier alpha value is -3.47. The van der Waals surface area contributed by atoms with Gasteiger partial charge in [0.1, 0.15) is 11.2 Å². The zero-order valence-corrected chi connectivity index (χ0v) is 16.9. The number of nitrogen functional groups attached to an aromatic ring is 1. The molecular formula is C18H19N9OS. The van der Waals surface area contributed by atoms with Gasteiger partial charge < -0.3 is 15.6 Å². The Bertz CT molecular complexity index is 1220. The third kappa shape index (κ3) is 3.76. The lowest BCUT2D eigenvalue weighted by atomic mass is 10.3. The van der Waals surface area contributed by atoms with E-state index < -0.39 is 0 Å². The minimum absolute atomic E-state index is 0.144. The molecule has 10 nitrogen and oxygen atoms in total. The Morgan fingerprint density at radius 2 is 1.90 bits per heavy atom. The molecule has 0 saturated heterocycles. The number of hydrogen-bond donors (Lipinski definition) is 2. The number of anilines is 2. The van der Waals surface area contributed by atoms with Crippen LogP contribution in [0.1, 0.15) is 18.0 Å². The van der Waals surface area contributed by atoms with Gasteiger partial charge in [0.05, 0.1) is 17.1 Å². The molecule has 1 aromatic carbocycles. The van der Waals surface area contributed by atoms with Crippen LogP contribution in [0.4, 0.5) is 11.9 Å². The van der Waals surface area contributed by atoms with Crippen molar-refractivity contribution in [2.75, 3.05) is 24.7 Å². The van der Waals surface area contributed by atoms with Crippen molar-refractivity contribution in [3.63, 3.8) is 0 Å². The topological polar surface area (TPSA) is 132 Å². The Labute approximate surface area is 170 Å². The first kappa shape index (κ1) is 18.9. The molecule has 3 N–H and O–H groups in total. The van der Waals surface area contributed by atoms with E-state index in [4.69, 9.17) is 5.73 Å². The molecule has 3 aromatic heterocycles. The van der Waals surface area contributed by atoms with E-state index in [0.717, 1.165) is 5.69 Å². The highest BCUT2D eigenvalue weighted by Gasteiger charge is 2.18. The third-order valence-electron chi connectivity index (χ3n) is 4.13. The number of thioether (sulfide) groups is 1. The summed E-state index contributed by atoms with van der Waals surface area (Å²) in [6, 6.07) is 9.53. The number of nitrogens with zero attached hydrogens (tertiary/aromatic N) is 7. The number of rotatable bonds is 5. The van der Waals surface area contributed by atoms with Crippen molar-refractivity contribution in [1.82, 2.24) is 34.7 Å². The summed E-state index contributed by atoms with van der Waals surface area (Å²) in [6.45, 7) is 1.91. The van der Waals surface area contributed by atoms with E-state index in [9.17, 15) is 4.79 Å². The maximum absolute atomic E-state index is 12.5. The lowest BCUT2D eigenvalue weighted by Crippen LogP contribution is -2.16. The molecule has 0 aliphatic carbocycles. The number of aromatic nitrogens is 7. The van der Waals surface area contributed by atoms with Crippen molar-refractivity contribution >= 4 is 34.7 Å². The Kier molecular flexibility index (Phi) is 4.89. The van der Waals surface area contributed by atoms with Crippen LogP contribution in [-0.2, 0) is 0 Å². The van der Waals surface area contributed by atoms with Crippen LogP contribution in [0.25, 0.3) is 16.7 Å². The van der Waals surface area contributed by atoms with E-state index in [1.165, 1.54) is 18.0 Å². The van der Waals surface area contributed by atoms with Crippen LogP contribution < -0.4 is 16.2 Å². The molecule has 0 bridgehead atoms. The normalized spacial score (nSPS) is 12.2. The van der Waals surface area contributed by atoms with Gasteiger partial charge in [0.25, 0.3) is 5.56 Å². The Balaban J connectivity index is 1.71. The number of para-hydroxylation sites is 1. The van der Waals surface area contributed by atoms with Gasteiger partial charge in [-0.05, 0) is 19.1 Å². The van der Waals surface area contributed by atoms with Crippen LogP contribution in [-0.4, -0.2) is 48.8 Å². The number of nitrogens with two attached hydrogens (primary N) is 1. The molecule has 0 spiro atoms. The first-order valence-electron chi connectivity index (χ1n) is 8.81. The largest absolute Gasteiger partial charge is 0.368 e. The second kappa shape index (κ2) is 7.51. The summed E-state index contributed by atoms with van der Waals surface area (Å²) >= 11 is 1.33. The van der Waals surface area contributed by atoms with E-state index in [-0.39, 0.29) is 16.8 Å². The summed E-state index contributed by atoms with van der Waals surface area (Å²) in [5.41, 5.74) is 6.87. The van der Waals surface area contributed by atoms with Crippen molar-refractivity contribution in [3.8, 4) is 5.69 Å². The molecule has 148 valence electrons. The summed E-state index contributed by atoms with van der Waals surface area (Å²) in [4.78, 5) is 34.5. The van der Waals surface area contributed by atoms with Crippen LogP contribution in [0.2, 0.25) is 0 Å². The molecule has 0 saturated carbocycles. The van der Waals surface area contributed by atoms with Gasteiger partial charge in [-0.3, -0.25) is 4.79 Å². The van der Waals surface area contributed by atoms with Gasteiger partial charge in [-0.25, -0.2) is 9.67 Å². The van der Waals surface area contributed by atoms with Gasteiger partial charge in [0.15, 0.2) is 10.8 Å². The summed E-state index contributed by atoms with van der Waals surface area (Å²) < 4.78 is 1.64. The molecule has 4 rings (SSSR count). The van der Waals surface area contributed by atoms with E-state index >= 15 is 0 Å². The molecule has 0 aliphatic heterocycles. The van der Waals surface area contributed by atoms with Gasteiger partial charge in [0, 0.05) is 14.1 Å². The van der Waals surface area contributed by atoms with Crippen molar-refractivity contribution < 1.29 is 0 Å². The molecule has 1 atom stereocenters. The Morgan fingerprint density at radius 3 is 2.62 bits per heavy atom. The highest BCUT2D eigenvalue weighted by Crippen LogP contribution is 2.31. The summed E-state index contributed by atoms with van der Waals surface area (Å²) in [7, 11) is 3.65. The monoisotopic (exact) mass is 409 g/mol. The number of H-pyrrole nitrogens is 1. The lowest BCUT2D eigenvalue weighted by molar-refractivity contribution is 0.850. The van der Waals surface area contributed by atoms with Gasteiger partial charge in [-0.1, -0.05) is 30.0 Å². The lowest BCUT2D eigenvalue weighted by Gasteiger charge is -2.14. The minimum Gasteiger partial charge on any atom is -0.368 e. The van der Waals surface area contributed by atoms with Crippen LogP contribution >= 0.6 is 11.8 Å². The second-order valence-electron chi connectivity index (χ2n) is 6.51. The summed E-state index contributed by atoms with van der Waals surface area (Å²) in [6.07, 6.45) is 1.52. The summed E-state index contributed by atoms with van der Waals surface area (Å²) in [5.74, 6) is 1.12. The molecule has 0 aliphatic rings. The van der Waals surface area contributed by atoms with Crippen LogP contribution in [0.5, 0.6) is 0 Å². The Morgan fingerprint density at radius 1 is 1.14 bits per heavy atom. The molecule has 0 unspecified atom stereocenters. The minimum atomic E-state index is -0.254. The fourth-order valence-corrected chi connectivity index (χ4v) is 3.55. The average molecular weight is 409 g/mol. The molecule has 3 heterocycles. The maximum Gasteiger partial charge on any atom is 0.262 e. The van der Waals surface area contributed by atoms with Crippen LogP contribution in [0.3, 0.4) is 0 Å². The molecule has 29 heavy (non-hydrogen) atoms. The van der Waals surface area contributed by atoms with Crippen molar-refractivity contribution in [1.29, 1.82) is 0 Å². The predicted molar refractivity (Wildman–Crippen MR) is 112 cm³/mol. The standard InChI is InChI=1S/C18H19N9OS/c1-10(13-21-16(19)25-17(22-13)26(2)3)29-18-23-14-12(15(28)24-18)9-20-27(14)11-7-5-4-6-8-11/h4-10H,1-3H3,(H,23,24,28)(H2,19,21,22,25)/t10-/m0/s1. The number of nitrogens with one attached hydrogen (secondary N) is 1. The van der Waals surface area contributed by atoms with Crippen molar-refractivity contribution in [3.05, 3.63) is 52.7 Å². The van der Waals surface area contributed by atoms with E-state index in [1.807, 2.05) is 51.4 Å². The van der Waals surface area contributed by atoms with Crippen molar-refractivity contribution in [2.24, 2.45) is 0 Å². The molecular weight excluding hydrogens is 390 g/mol. The maximum atomic E-state index is 12.5. The molecule has 0 fully saturated rings. The molecule has 0 amide bonds. The van der Waals surface area contributed by atoms with E-state index in [0.29, 0.717) is 28.0 Å². The first-order valence-corrected chi connectivity index (χ1v) is 9.69.